The van der Waals surface area contributed by atoms with Gasteiger partial charge in [-0.25, -0.2) is 4.68 Å². The number of carbonyl (C=O) groups excluding carboxylic acids is 1. The molecule has 0 aliphatic rings. The molecule has 0 fully saturated rings. The van der Waals surface area contributed by atoms with Gasteiger partial charge in [0.15, 0.2) is 0 Å². The Morgan fingerprint density at radius 1 is 1.16 bits per heavy atom. The molecule has 2 aromatic carbocycles. The van der Waals surface area contributed by atoms with Gasteiger partial charge in [0.05, 0.1) is 17.8 Å². The van der Waals surface area contributed by atoms with E-state index in [0.29, 0.717) is 5.16 Å². The van der Waals surface area contributed by atoms with Crippen molar-refractivity contribution in [2.45, 2.75) is 38.0 Å². The fraction of sp³-hybridized carbons (Fsp3) is 0.333. The van der Waals surface area contributed by atoms with Crippen LogP contribution < -0.4 is 5.32 Å². The minimum absolute atomic E-state index is 0.0382. The number of aromatic nitrogens is 4. The number of carbonyl (C=O) groups is 1. The standard InChI is InChI=1S/C18H21N5OS/c1-12(2)23-18(20-21-22-23)25-11-17(24)19-13(3)15-10-6-8-14-7-4-5-9-16(14)15/h4-10,12-13H,11H2,1-3H3,(H,19,24). The lowest BCUT2D eigenvalue weighted by atomic mass is 10.00. The largest absolute Gasteiger partial charge is 0.349 e. The van der Waals surface area contributed by atoms with E-state index in [4.69, 9.17) is 0 Å². The van der Waals surface area contributed by atoms with Crippen LogP contribution in [0.25, 0.3) is 10.8 Å². The highest BCUT2D eigenvalue weighted by atomic mass is 32.2. The van der Waals surface area contributed by atoms with E-state index in [-0.39, 0.29) is 23.7 Å². The zero-order valence-corrected chi connectivity index (χ0v) is 15.3. The van der Waals surface area contributed by atoms with E-state index >= 15 is 0 Å². The number of tetrazole rings is 1. The highest BCUT2D eigenvalue weighted by molar-refractivity contribution is 7.99. The minimum atomic E-state index is -0.0692. The summed E-state index contributed by atoms with van der Waals surface area (Å²) >= 11 is 1.35. The van der Waals surface area contributed by atoms with Crippen molar-refractivity contribution in [2.24, 2.45) is 0 Å². The average Bonchev–Trinajstić information content (AvgIpc) is 3.08. The van der Waals surface area contributed by atoms with E-state index in [1.807, 2.05) is 39.0 Å². The van der Waals surface area contributed by atoms with E-state index < -0.39 is 0 Å². The summed E-state index contributed by atoms with van der Waals surface area (Å²) in [4.78, 5) is 12.3. The van der Waals surface area contributed by atoms with E-state index in [1.165, 1.54) is 17.1 Å². The van der Waals surface area contributed by atoms with Crippen molar-refractivity contribution in [1.29, 1.82) is 0 Å². The zero-order valence-electron chi connectivity index (χ0n) is 14.5. The van der Waals surface area contributed by atoms with Gasteiger partial charge in [0, 0.05) is 0 Å². The van der Waals surface area contributed by atoms with Crippen LogP contribution in [0.5, 0.6) is 0 Å². The first-order chi connectivity index (χ1) is 12.1. The van der Waals surface area contributed by atoms with Crippen molar-refractivity contribution >= 4 is 28.4 Å². The molecule has 1 atom stereocenters. The summed E-state index contributed by atoms with van der Waals surface area (Å²) < 4.78 is 1.71. The normalized spacial score (nSPS) is 12.5. The Morgan fingerprint density at radius 2 is 1.92 bits per heavy atom. The lowest BCUT2D eigenvalue weighted by Crippen LogP contribution is -2.28. The summed E-state index contributed by atoms with van der Waals surface area (Å²) in [6.07, 6.45) is 0. The van der Waals surface area contributed by atoms with Crippen LogP contribution in [-0.4, -0.2) is 31.9 Å². The molecule has 1 aromatic heterocycles. The second kappa shape index (κ2) is 7.65. The number of fused-ring (bicyclic) bond motifs is 1. The highest BCUT2D eigenvalue weighted by Crippen LogP contribution is 2.24. The van der Waals surface area contributed by atoms with Crippen molar-refractivity contribution < 1.29 is 4.79 Å². The van der Waals surface area contributed by atoms with Crippen molar-refractivity contribution in [1.82, 2.24) is 25.5 Å². The minimum Gasteiger partial charge on any atom is -0.349 e. The van der Waals surface area contributed by atoms with E-state index in [9.17, 15) is 4.79 Å². The monoisotopic (exact) mass is 355 g/mol. The lowest BCUT2D eigenvalue weighted by Gasteiger charge is -2.16. The Hall–Kier alpha value is -2.41. The van der Waals surface area contributed by atoms with Gasteiger partial charge >= 0.3 is 0 Å². The van der Waals surface area contributed by atoms with Crippen molar-refractivity contribution in [3.05, 3.63) is 48.0 Å². The molecule has 0 bridgehead atoms. The molecule has 3 rings (SSSR count). The van der Waals surface area contributed by atoms with Crippen LogP contribution in [0.1, 0.15) is 38.4 Å². The summed E-state index contributed by atoms with van der Waals surface area (Å²) in [6, 6.07) is 14.4. The third kappa shape index (κ3) is 3.99. The molecule has 0 aliphatic carbocycles. The molecule has 0 saturated carbocycles. The maximum atomic E-state index is 12.3. The highest BCUT2D eigenvalue weighted by Gasteiger charge is 2.15. The van der Waals surface area contributed by atoms with Crippen molar-refractivity contribution in [3.63, 3.8) is 0 Å². The number of rotatable bonds is 6. The van der Waals surface area contributed by atoms with Crippen LogP contribution >= 0.6 is 11.8 Å². The second-order valence-corrected chi connectivity index (χ2v) is 7.09. The Morgan fingerprint density at radius 3 is 2.72 bits per heavy atom. The summed E-state index contributed by atoms with van der Waals surface area (Å²) in [5.74, 6) is 0.242. The van der Waals surface area contributed by atoms with Crippen molar-refractivity contribution in [2.75, 3.05) is 5.75 Å². The quantitative estimate of drug-likeness (QED) is 0.686. The molecule has 130 valence electrons. The first-order valence-corrected chi connectivity index (χ1v) is 9.22. The maximum absolute atomic E-state index is 12.3. The number of hydrogen-bond donors (Lipinski definition) is 1. The summed E-state index contributed by atoms with van der Waals surface area (Å²) in [5, 5.41) is 17.6. The van der Waals surface area contributed by atoms with E-state index in [0.717, 1.165) is 10.9 Å². The number of thioether (sulfide) groups is 1. The van der Waals surface area contributed by atoms with Gasteiger partial charge < -0.3 is 5.32 Å². The SMILES string of the molecule is CC(NC(=O)CSc1nnnn1C(C)C)c1cccc2ccccc12. The fourth-order valence-electron chi connectivity index (χ4n) is 2.72. The van der Waals surface area contributed by atoms with E-state index in [2.05, 4.69) is 45.1 Å². The predicted octanol–water partition coefficient (Wildman–Crippen LogP) is 3.38. The van der Waals surface area contributed by atoms with Gasteiger partial charge in [-0.3, -0.25) is 4.79 Å². The Labute approximate surface area is 151 Å². The third-order valence-corrected chi connectivity index (χ3v) is 4.88. The summed E-state index contributed by atoms with van der Waals surface area (Å²) in [6.45, 7) is 6.01. The van der Waals surface area contributed by atoms with Gasteiger partial charge in [-0.1, -0.05) is 54.2 Å². The third-order valence-electron chi connectivity index (χ3n) is 3.95. The van der Waals surface area contributed by atoms with Crippen LogP contribution in [0.2, 0.25) is 0 Å². The molecule has 0 spiro atoms. The fourth-order valence-corrected chi connectivity index (χ4v) is 3.54. The molecule has 1 heterocycles. The molecule has 3 aromatic rings. The molecule has 0 saturated heterocycles. The summed E-state index contributed by atoms with van der Waals surface area (Å²) in [5.41, 5.74) is 1.11. The molecule has 6 nitrogen and oxygen atoms in total. The van der Waals surface area contributed by atoms with Gasteiger partial charge in [0.2, 0.25) is 11.1 Å². The van der Waals surface area contributed by atoms with Gasteiger partial charge in [-0.15, -0.1) is 5.10 Å². The van der Waals surface area contributed by atoms with Crippen LogP contribution in [0.4, 0.5) is 0 Å². The maximum Gasteiger partial charge on any atom is 0.230 e. The Bertz CT molecular complexity index is 871. The predicted molar refractivity (Wildman–Crippen MR) is 99.4 cm³/mol. The van der Waals surface area contributed by atoms with Gasteiger partial charge in [0.25, 0.3) is 0 Å². The van der Waals surface area contributed by atoms with Gasteiger partial charge in [-0.2, -0.15) is 0 Å². The smallest absolute Gasteiger partial charge is 0.230 e. The number of hydrogen-bond acceptors (Lipinski definition) is 5. The molecular weight excluding hydrogens is 334 g/mol. The lowest BCUT2D eigenvalue weighted by molar-refractivity contribution is -0.119. The van der Waals surface area contributed by atoms with Crippen LogP contribution in [0, 0.1) is 0 Å². The van der Waals surface area contributed by atoms with Crippen LogP contribution in [0.3, 0.4) is 0 Å². The number of nitrogens with zero attached hydrogens (tertiary/aromatic N) is 4. The first kappa shape index (κ1) is 17.4. The molecular formula is C18H21N5OS. The Kier molecular flexibility index (Phi) is 5.33. The number of benzene rings is 2. The number of nitrogens with one attached hydrogen (secondary N) is 1. The second-order valence-electron chi connectivity index (χ2n) is 6.15. The summed E-state index contributed by atoms with van der Waals surface area (Å²) in [7, 11) is 0. The van der Waals surface area contributed by atoms with Gasteiger partial charge in [0.1, 0.15) is 0 Å². The average molecular weight is 355 g/mol. The Balaban J connectivity index is 1.65. The van der Waals surface area contributed by atoms with Crippen LogP contribution in [0.15, 0.2) is 47.6 Å². The topological polar surface area (TPSA) is 72.7 Å². The molecule has 0 aliphatic heterocycles. The molecule has 0 radical (unpaired) electrons. The molecule has 1 amide bonds. The van der Waals surface area contributed by atoms with Gasteiger partial charge in [-0.05, 0) is 47.5 Å². The zero-order chi connectivity index (χ0) is 17.8. The molecule has 25 heavy (non-hydrogen) atoms. The molecule has 1 N–H and O–H groups in total. The molecule has 7 heteroatoms. The number of amides is 1. The van der Waals surface area contributed by atoms with Crippen molar-refractivity contribution in [3.8, 4) is 0 Å². The molecule has 1 unspecified atom stereocenters. The van der Waals surface area contributed by atoms with E-state index in [1.54, 1.807) is 4.68 Å². The first-order valence-electron chi connectivity index (χ1n) is 8.24. The van der Waals surface area contributed by atoms with Crippen LogP contribution in [-0.2, 0) is 4.79 Å².